The highest BCUT2D eigenvalue weighted by molar-refractivity contribution is 7.91. The van der Waals surface area contributed by atoms with E-state index in [0.29, 0.717) is 21.8 Å². The van der Waals surface area contributed by atoms with Gasteiger partial charge in [0.05, 0.1) is 21.1 Å². The lowest BCUT2D eigenvalue weighted by atomic mass is 10.1. The van der Waals surface area contributed by atoms with Gasteiger partial charge in [-0.1, -0.05) is 6.07 Å². The van der Waals surface area contributed by atoms with Crippen molar-refractivity contribution in [3.05, 3.63) is 65.3 Å². The first-order valence-corrected chi connectivity index (χ1v) is 10.3. The van der Waals surface area contributed by atoms with E-state index in [1.807, 2.05) is 0 Å². The molecule has 0 saturated heterocycles. The molecule has 1 atom stereocenters. The molecule has 0 fully saturated rings. The van der Waals surface area contributed by atoms with E-state index in [2.05, 4.69) is 5.32 Å². The first kappa shape index (κ1) is 18.1. The Morgan fingerprint density at radius 3 is 2.42 bits per heavy atom. The topological polar surface area (TPSA) is 96.0 Å². The lowest BCUT2D eigenvalue weighted by Gasteiger charge is -2.10. The van der Waals surface area contributed by atoms with Gasteiger partial charge in [-0.05, 0) is 54.1 Å². The summed E-state index contributed by atoms with van der Waals surface area (Å²) in [5, 5.41) is 2.44. The number of halogens is 1. The second-order valence-corrected chi connectivity index (χ2v) is 8.92. The van der Waals surface area contributed by atoms with Crippen LogP contribution in [0.25, 0.3) is 10.4 Å². The third-order valence-corrected chi connectivity index (χ3v) is 5.82. The molecule has 0 aliphatic carbocycles. The molecular formula is C18H16FN3O2S2. The SMILES string of the molecule is C[S@](=N)(=O)c1ccc(C(=O)Nc2cc(-c3ccc(F)s3)ccc2N)cc1. The molecule has 3 rings (SSSR count). The molecule has 2 aromatic carbocycles. The minimum Gasteiger partial charge on any atom is -0.397 e. The second kappa shape index (κ2) is 6.89. The maximum Gasteiger partial charge on any atom is 0.255 e. The van der Waals surface area contributed by atoms with Crippen LogP contribution in [0.4, 0.5) is 15.8 Å². The highest BCUT2D eigenvalue weighted by Gasteiger charge is 2.12. The van der Waals surface area contributed by atoms with E-state index in [0.717, 1.165) is 21.8 Å². The summed E-state index contributed by atoms with van der Waals surface area (Å²) >= 11 is 1.01. The van der Waals surface area contributed by atoms with Crippen molar-refractivity contribution in [2.24, 2.45) is 0 Å². The van der Waals surface area contributed by atoms with Crippen LogP contribution in [0.3, 0.4) is 0 Å². The van der Waals surface area contributed by atoms with Crippen LogP contribution < -0.4 is 11.1 Å². The molecular weight excluding hydrogens is 373 g/mol. The van der Waals surface area contributed by atoms with Gasteiger partial charge in [-0.2, -0.15) is 4.39 Å². The van der Waals surface area contributed by atoms with Crippen LogP contribution in [-0.4, -0.2) is 16.4 Å². The van der Waals surface area contributed by atoms with Crippen LogP contribution in [0.1, 0.15) is 10.4 Å². The van der Waals surface area contributed by atoms with Gasteiger partial charge in [0.15, 0.2) is 5.13 Å². The molecule has 0 bridgehead atoms. The van der Waals surface area contributed by atoms with Crippen LogP contribution in [0, 0.1) is 9.91 Å². The molecule has 134 valence electrons. The fourth-order valence-electron chi connectivity index (χ4n) is 2.35. The zero-order chi connectivity index (χ0) is 18.9. The Morgan fingerprint density at radius 2 is 1.85 bits per heavy atom. The Morgan fingerprint density at radius 1 is 1.15 bits per heavy atom. The molecule has 4 N–H and O–H groups in total. The van der Waals surface area contributed by atoms with E-state index in [4.69, 9.17) is 10.5 Å². The molecule has 0 aliphatic heterocycles. The van der Waals surface area contributed by atoms with Crippen molar-refractivity contribution in [3.63, 3.8) is 0 Å². The van der Waals surface area contributed by atoms with Crippen LogP contribution in [0.2, 0.25) is 0 Å². The number of carbonyl (C=O) groups excluding carboxylic acids is 1. The molecule has 0 aliphatic rings. The Hall–Kier alpha value is -2.71. The number of rotatable bonds is 4. The van der Waals surface area contributed by atoms with Gasteiger partial charge in [-0.15, -0.1) is 11.3 Å². The van der Waals surface area contributed by atoms with Crippen LogP contribution in [0.5, 0.6) is 0 Å². The molecule has 1 heterocycles. The maximum absolute atomic E-state index is 13.2. The van der Waals surface area contributed by atoms with Crippen LogP contribution >= 0.6 is 11.3 Å². The minimum absolute atomic E-state index is 0.288. The van der Waals surface area contributed by atoms with Crippen molar-refractivity contribution in [1.29, 1.82) is 4.78 Å². The predicted molar refractivity (Wildman–Crippen MR) is 104 cm³/mol. The Labute approximate surface area is 154 Å². The molecule has 0 spiro atoms. The summed E-state index contributed by atoms with van der Waals surface area (Å²) in [6.45, 7) is 0. The fourth-order valence-corrected chi connectivity index (χ4v) is 3.73. The highest BCUT2D eigenvalue weighted by Crippen LogP contribution is 2.31. The fraction of sp³-hybridized carbons (Fsp3) is 0.0556. The number of nitrogens with one attached hydrogen (secondary N) is 2. The lowest BCUT2D eigenvalue weighted by molar-refractivity contribution is 0.102. The zero-order valence-electron chi connectivity index (χ0n) is 13.8. The van der Waals surface area contributed by atoms with Gasteiger partial charge in [0.2, 0.25) is 0 Å². The summed E-state index contributed by atoms with van der Waals surface area (Å²) in [5.74, 6) is -0.384. The van der Waals surface area contributed by atoms with Crippen molar-refractivity contribution in [2.75, 3.05) is 17.3 Å². The first-order chi connectivity index (χ1) is 12.2. The number of hydrogen-bond acceptors (Lipinski definition) is 5. The summed E-state index contributed by atoms with van der Waals surface area (Å²) < 4.78 is 32.5. The van der Waals surface area contributed by atoms with Crippen LogP contribution in [-0.2, 0) is 9.73 Å². The largest absolute Gasteiger partial charge is 0.397 e. The number of anilines is 2. The second-order valence-electron chi connectivity index (χ2n) is 5.73. The van der Waals surface area contributed by atoms with Crippen molar-refractivity contribution in [2.45, 2.75) is 4.90 Å². The van der Waals surface area contributed by atoms with E-state index in [-0.39, 0.29) is 11.0 Å². The van der Waals surface area contributed by atoms with Gasteiger partial charge in [-0.3, -0.25) is 4.79 Å². The highest BCUT2D eigenvalue weighted by atomic mass is 32.2. The zero-order valence-corrected chi connectivity index (χ0v) is 15.4. The maximum atomic E-state index is 13.2. The minimum atomic E-state index is -2.83. The number of benzene rings is 2. The molecule has 26 heavy (non-hydrogen) atoms. The third-order valence-electron chi connectivity index (χ3n) is 3.73. The van der Waals surface area contributed by atoms with Gasteiger partial charge in [0.1, 0.15) is 0 Å². The van der Waals surface area contributed by atoms with E-state index < -0.39 is 9.73 Å². The average molecular weight is 389 g/mol. The van der Waals surface area contributed by atoms with Crippen molar-refractivity contribution in [1.82, 2.24) is 0 Å². The van der Waals surface area contributed by atoms with E-state index in [1.54, 1.807) is 24.3 Å². The molecule has 0 saturated carbocycles. The lowest BCUT2D eigenvalue weighted by Crippen LogP contribution is -2.13. The summed E-state index contributed by atoms with van der Waals surface area (Å²) in [4.78, 5) is 13.5. The average Bonchev–Trinajstić information content (AvgIpc) is 3.02. The Bertz CT molecular complexity index is 1070. The predicted octanol–water partition coefficient (Wildman–Crippen LogP) is 4.42. The number of amides is 1. The summed E-state index contributed by atoms with van der Waals surface area (Å²) in [7, 11) is -2.83. The molecule has 3 aromatic rings. The summed E-state index contributed by atoms with van der Waals surface area (Å²) in [6, 6.07) is 14.2. The van der Waals surface area contributed by atoms with Crippen molar-refractivity contribution >= 4 is 38.3 Å². The molecule has 1 amide bonds. The number of carbonyl (C=O) groups is 1. The van der Waals surface area contributed by atoms with E-state index >= 15 is 0 Å². The van der Waals surface area contributed by atoms with Gasteiger partial charge < -0.3 is 11.1 Å². The number of hydrogen-bond donors (Lipinski definition) is 3. The van der Waals surface area contributed by atoms with Gasteiger partial charge in [-0.25, -0.2) is 8.99 Å². The number of nitrogen functional groups attached to an aromatic ring is 1. The monoisotopic (exact) mass is 389 g/mol. The molecule has 5 nitrogen and oxygen atoms in total. The normalized spacial score (nSPS) is 13.2. The smallest absolute Gasteiger partial charge is 0.255 e. The van der Waals surface area contributed by atoms with Crippen molar-refractivity contribution < 1.29 is 13.4 Å². The van der Waals surface area contributed by atoms with E-state index in [1.165, 1.54) is 36.6 Å². The third kappa shape index (κ3) is 3.92. The van der Waals surface area contributed by atoms with Crippen LogP contribution in [0.15, 0.2) is 59.5 Å². The van der Waals surface area contributed by atoms with Gasteiger partial charge >= 0.3 is 0 Å². The van der Waals surface area contributed by atoms with Crippen molar-refractivity contribution in [3.8, 4) is 10.4 Å². The summed E-state index contributed by atoms with van der Waals surface area (Å²) in [6.07, 6.45) is 1.32. The Balaban J connectivity index is 1.85. The van der Waals surface area contributed by atoms with Gasteiger partial charge in [0.25, 0.3) is 5.91 Å². The molecule has 0 unspecified atom stereocenters. The molecule has 1 aromatic heterocycles. The van der Waals surface area contributed by atoms with E-state index in [9.17, 15) is 13.4 Å². The first-order valence-electron chi connectivity index (χ1n) is 7.54. The molecule has 8 heteroatoms. The van der Waals surface area contributed by atoms with Gasteiger partial charge in [0, 0.05) is 21.6 Å². The number of thiophene rings is 1. The molecule has 0 radical (unpaired) electrons. The summed E-state index contributed by atoms with van der Waals surface area (Å²) in [5.41, 5.74) is 7.84. The standard InChI is InChI=1S/C18H16FN3O2S2/c1-26(21,24)13-5-2-11(3-6-13)18(23)22-15-10-12(4-7-14(15)20)16-8-9-17(19)25-16/h2-10,21H,20H2,1H3,(H,22,23)/t26-/m0/s1. The Kier molecular flexibility index (Phi) is 4.80. The number of nitrogens with two attached hydrogens (primary N) is 1. The quantitative estimate of drug-likeness (QED) is 0.576.